The number of rotatable bonds is 3. The summed E-state index contributed by atoms with van der Waals surface area (Å²) in [6.45, 7) is 4.65. The van der Waals surface area contributed by atoms with E-state index >= 15 is 0 Å². The highest BCUT2D eigenvalue weighted by molar-refractivity contribution is 7.89. The van der Waals surface area contributed by atoms with E-state index in [0.717, 1.165) is 25.3 Å². The Morgan fingerprint density at radius 2 is 2.11 bits per heavy atom. The van der Waals surface area contributed by atoms with Crippen LogP contribution in [0, 0.1) is 0 Å². The Kier molecular flexibility index (Phi) is 3.89. The van der Waals surface area contributed by atoms with E-state index in [2.05, 4.69) is 21.9 Å². The van der Waals surface area contributed by atoms with Gasteiger partial charge in [0.05, 0.1) is 5.69 Å². The third kappa shape index (κ3) is 2.50. The van der Waals surface area contributed by atoms with Gasteiger partial charge < -0.3 is 10.2 Å². The van der Waals surface area contributed by atoms with Crippen molar-refractivity contribution in [2.45, 2.75) is 17.9 Å². The maximum absolute atomic E-state index is 12.0. The number of sulfonamides is 1. The smallest absolute Gasteiger partial charge is 0.242 e. The lowest BCUT2D eigenvalue weighted by Crippen LogP contribution is -2.50. The first-order valence-electron chi connectivity index (χ1n) is 6.06. The Labute approximate surface area is 108 Å². The molecule has 0 saturated carbocycles. The van der Waals surface area contributed by atoms with Gasteiger partial charge in [-0.05, 0) is 26.1 Å². The standard InChI is InChI=1S/C12H19N3O2S/c1-10-9-14-7-8-15(10)11-5-3-4-6-12(11)18(16,17)13-2/h3-6,10,13-14H,7-9H2,1-2H3. The number of nitrogens with one attached hydrogen (secondary N) is 2. The minimum Gasteiger partial charge on any atom is -0.365 e. The summed E-state index contributed by atoms with van der Waals surface area (Å²) in [5, 5.41) is 3.30. The van der Waals surface area contributed by atoms with Crippen molar-refractivity contribution in [1.29, 1.82) is 0 Å². The van der Waals surface area contributed by atoms with Gasteiger partial charge in [-0.1, -0.05) is 12.1 Å². The molecule has 1 unspecified atom stereocenters. The predicted octanol–water partition coefficient (Wildman–Crippen LogP) is 0.393. The van der Waals surface area contributed by atoms with Crippen LogP contribution in [0.1, 0.15) is 6.92 Å². The van der Waals surface area contributed by atoms with Crippen LogP contribution in [0.3, 0.4) is 0 Å². The summed E-state index contributed by atoms with van der Waals surface area (Å²) < 4.78 is 26.4. The maximum Gasteiger partial charge on any atom is 0.242 e. The lowest BCUT2D eigenvalue weighted by Gasteiger charge is -2.36. The van der Waals surface area contributed by atoms with Gasteiger partial charge in [-0.3, -0.25) is 0 Å². The summed E-state index contributed by atoms with van der Waals surface area (Å²) in [5.41, 5.74) is 0.779. The summed E-state index contributed by atoms with van der Waals surface area (Å²) >= 11 is 0. The minimum absolute atomic E-state index is 0.284. The van der Waals surface area contributed by atoms with E-state index in [1.54, 1.807) is 12.1 Å². The second kappa shape index (κ2) is 5.26. The van der Waals surface area contributed by atoms with Crippen molar-refractivity contribution in [2.75, 3.05) is 31.6 Å². The Bertz CT molecular complexity index is 516. The van der Waals surface area contributed by atoms with E-state index in [1.807, 2.05) is 12.1 Å². The molecule has 2 rings (SSSR count). The van der Waals surface area contributed by atoms with Crippen LogP contribution < -0.4 is 14.9 Å². The van der Waals surface area contributed by atoms with Gasteiger partial charge in [-0.25, -0.2) is 13.1 Å². The first kappa shape index (κ1) is 13.3. The van der Waals surface area contributed by atoms with E-state index < -0.39 is 10.0 Å². The summed E-state index contributed by atoms with van der Waals surface area (Å²) in [5.74, 6) is 0. The van der Waals surface area contributed by atoms with Crippen LogP contribution in [0.5, 0.6) is 0 Å². The Hall–Kier alpha value is -1.11. The molecular weight excluding hydrogens is 250 g/mol. The molecule has 1 aromatic carbocycles. The van der Waals surface area contributed by atoms with Gasteiger partial charge in [0.2, 0.25) is 10.0 Å². The Balaban J connectivity index is 2.45. The molecular formula is C12H19N3O2S. The van der Waals surface area contributed by atoms with Crippen molar-refractivity contribution in [1.82, 2.24) is 10.0 Å². The van der Waals surface area contributed by atoms with Gasteiger partial charge in [-0.2, -0.15) is 0 Å². The fourth-order valence-corrected chi connectivity index (χ4v) is 3.17. The first-order valence-corrected chi connectivity index (χ1v) is 7.54. The summed E-state index contributed by atoms with van der Waals surface area (Å²) in [6, 6.07) is 7.42. The van der Waals surface area contributed by atoms with Crippen molar-refractivity contribution in [2.24, 2.45) is 0 Å². The van der Waals surface area contributed by atoms with Crippen LogP contribution in [0.4, 0.5) is 5.69 Å². The summed E-state index contributed by atoms with van der Waals surface area (Å²) in [6.07, 6.45) is 0. The molecule has 5 nitrogen and oxygen atoms in total. The number of hydrogen-bond donors (Lipinski definition) is 2. The molecule has 18 heavy (non-hydrogen) atoms. The van der Waals surface area contributed by atoms with E-state index in [4.69, 9.17) is 0 Å². The van der Waals surface area contributed by atoms with Crippen LogP contribution in [-0.2, 0) is 10.0 Å². The molecule has 2 N–H and O–H groups in total. The first-order chi connectivity index (χ1) is 8.56. The zero-order valence-electron chi connectivity index (χ0n) is 10.7. The second-order valence-corrected chi connectivity index (χ2v) is 6.28. The van der Waals surface area contributed by atoms with Crippen LogP contribution >= 0.6 is 0 Å². The van der Waals surface area contributed by atoms with Crippen LogP contribution in [0.15, 0.2) is 29.2 Å². The van der Waals surface area contributed by atoms with Crippen molar-refractivity contribution in [3.8, 4) is 0 Å². The average molecular weight is 269 g/mol. The molecule has 0 spiro atoms. The SMILES string of the molecule is CNS(=O)(=O)c1ccccc1N1CCNCC1C. The average Bonchev–Trinajstić information content (AvgIpc) is 2.39. The molecule has 1 fully saturated rings. The van der Waals surface area contributed by atoms with E-state index in [0.29, 0.717) is 4.90 Å². The normalized spacial score (nSPS) is 21.0. The maximum atomic E-state index is 12.0. The fraction of sp³-hybridized carbons (Fsp3) is 0.500. The Morgan fingerprint density at radius 3 is 2.78 bits per heavy atom. The highest BCUT2D eigenvalue weighted by Crippen LogP contribution is 2.26. The molecule has 0 amide bonds. The van der Waals surface area contributed by atoms with Crippen molar-refractivity contribution in [3.63, 3.8) is 0 Å². The molecule has 1 heterocycles. The van der Waals surface area contributed by atoms with Crippen LogP contribution in [0.25, 0.3) is 0 Å². The molecule has 0 aromatic heterocycles. The van der Waals surface area contributed by atoms with Crippen LogP contribution in [-0.4, -0.2) is 41.1 Å². The largest absolute Gasteiger partial charge is 0.365 e. The van der Waals surface area contributed by atoms with Gasteiger partial charge in [0, 0.05) is 25.7 Å². The van der Waals surface area contributed by atoms with E-state index in [9.17, 15) is 8.42 Å². The molecule has 1 saturated heterocycles. The van der Waals surface area contributed by atoms with Gasteiger partial charge in [0.1, 0.15) is 4.90 Å². The fourth-order valence-electron chi connectivity index (χ4n) is 2.23. The zero-order chi connectivity index (χ0) is 13.2. The zero-order valence-corrected chi connectivity index (χ0v) is 11.5. The molecule has 1 atom stereocenters. The lowest BCUT2D eigenvalue weighted by molar-refractivity contribution is 0.497. The van der Waals surface area contributed by atoms with E-state index in [1.165, 1.54) is 7.05 Å². The van der Waals surface area contributed by atoms with Gasteiger partial charge in [-0.15, -0.1) is 0 Å². The van der Waals surface area contributed by atoms with Crippen LogP contribution in [0.2, 0.25) is 0 Å². The topological polar surface area (TPSA) is 61.4 Å². The second-order valence-electron chi connectivity index (χ2n) is 4.42. The summed E-state index contributed by atoms with van der Waals surface area (Å²) in [4.78, 5) is 2.49. The molecule has 0 bridgehead atoms. The lowest BCUT2D eigenvalue weighted by atomic mass is 10.2. The highest BCUT2D eigenvalue weighted by atomic mass is 32.2. The molecule has 1 aromatic rings. The molecule has 1 aliphatic rings. The van der Waals surface area contributed by atoms with E-state index in [-0.39, 0.29) is 6.04 Å². The van der Waals surface area contributed by atoms with Crippen molar-refractivity contribution >= 4 is 15.7 Å². The number of para-hydroxylation sites is 1. The third-order valence-electron chi connectivity index (χ3n) is 3.23. The summed E-state index contributed by atoms with van der Waals surface area (Å²) in [7, 11) is -1.98. The van der Waals surface area contributed by atoms with Crippen molar-refractivity contribution < 1.29 is 8.42 Å². The van der Waals surface area contributed by atoms with Crippen molar-refractivity contribution in [3.05, 3.63) is 24.3 Å². The van der Waals surface area contributed by atoms with Gasteiger partial charge >= 0.3 is 0 Å². The monoisotopic (exact) mass is 269 g/mol. The number of anilines is 1. The third-order valence-corrected chi connectivity index (χ3v) is 4.70. The van der Waals surface area contributed by atoms with Gasteiger partial charge in [0.15, 0.2) is 0 Å². The number of benzene rings is 1. The highest BCUT2D eigenvalue weighted by Gasteiger charge is 2.24. The molecule has 0 aliphatic carbocycles. The molecule has 0 radical (unpaired) electrons. The number of piperazine rings is 1. The molecule has 6 heteroatoms. The predicted molar refractivity (Wildman–Crippen MR) is 72.4 cm³/mol. The Morgan fingerprint density at radius 1 is 1.39 bits per heavy atom. The van der Waals surface area contributed by atoms with Gasteiger partial charge in [0.25, 0.3) is 0 Å². The minimum atomic E-state index is -3.41. The molecule has 100 valence electrons. The quantitative estimate of drug-likeness (QED) is 0.833. The molecule has 1 aliphatic heterocycles. The number of nitrogens with zero attached hydrogens (tertiary/aromatic N) is 1. The number of hydrogen-bond acceptors (Lipinski definition) is 4.